The van der Waals surface area contributed by atoms with E-state index in [1.165, 1.54) is 19.3 Å². The number of nitrogens with two attached hydrogens (primary N) is 1. The van der Waals surface area contributed by atoms with Gasteiger partial charge in [-0.2, -0.15) is 0 Å². The Morgan fingerprint density at radius 2 is 1.94 bits per heavy atom. The second-order valence-electron chi connectivity index (χ2n) is 6.67. The summed E-state index contributed by atoms with van der Waals surface area (Å²) < 4.78 is 0. The van der Waals surface area contributed by atoms with Gasteiger partial charge in [-0.3, -0.25) is 4.79 Å². The third kappa shape index (κ3) is 3.25. The van der Waals surface area contributed by atoms with Crippen molar-refractivity contribution in [3.05, 3.63) is 0 Å². The van der Waals surface area contributed by atoms with Crippen LogP contribution in [-0.4, -0.2) is 28.9 Å². The minimum absolute atomic E-state index is 0.210. The molecule has 0 spiro atoms. The number of carbonyl (C=O) groups is 1. The van der Waals surface area contributed by atoms with Crippen LogP contribution in [0.15, 0.2) is 0 Å². The Hall–Kier alpha value is -0.570. The molecule has 0 radical (unpaired) electrons. The topological polar surface area (TPSA) is 46.3 Å². The van der Waals surface area contributed by atoms with E-state index in [4.69, 9.17) is 5.73 Å². The van der Waals surface area contributed by atoms with Crippen LogP contribution >= 0.6 is 0 Å². The SMILES string of the molecule is CC1CCN(C(=O)CC2(N)CCCCC2)C(C)C1. The largest absolute Gasteiger partial charge is 0.340 e. The summed E-state index contributed by atoms with van der Waals surface area (Å²) in [6.07, 6.45) is 8.56. The zero-order chi connectivity index (χ0) is 13.2. The maximum absolute atomic E-state index is 12.4. The molecule has 0 bridgehead atoms. The minimum Gasteiger partial charge on any atom is -0.340 e. The number of hydrogen-bond donors (Lipinski definition) is 1. The molecule has 2 N–H and O–H groups in total. The predicted molar refractivity (Wildman–Crippen MR) is 74.2 cm³/mol. The van der Waals surface area contributed by atoms with Crippen molar-refractivity contribution in [2.24, 2.45) is 11.7 Å². The Labute approximate surface area is 111 Å². The van der Waals surface area contributed by atoms with Crippen LogP contribution in [0.1, 0.15) is 65.2 Å². The van der Waals surface area contributed by atoms with Crippen LogP contribution in [0.3, 0.4) is 0 Å². The maximum Gasteiger partial charge on any atom is 0.224 e. The number of piperidine rings is 1. The second-order valence-corrected chi connectivity index (χ2v) is 6.67. The van der Waals surface area contributed by atoms with Crippen LogP contribution in [0.5, 0.6) is 0 Å². The lowest BCUT2D eigenvalue weighted by Crippen LogP contribution is -2.50. The van der Waals surface area contributed by atoms with Gasteiger partial charge in [0, 0.05) is 24.5 Å². The van der Waals surface area contributed by atoms with Gasteiger partial charge >= 0.3 is 0 Å². The van der Waals surface area contributed by atoms with Gasteiger partial charge in [0.25, 0.3) is 0 Å². The molecule has 1 amide bonds. The second kappa shape index (κ2) is 5.60. The number of amides is 1. The standard InChI is InChI=1S/C15H28N2O/c1-12-6-9-17(13(2)10-12)14(18)11-15(16)7-4-3-5-8-15/h12-13H,3-11,16H2,1-2H3. The normalized spacial score (nSPS) is 32.3. The van der Waals surface area contributed by atoms with Gasteiger partial charge < -0.3 is 10.6 Å². The molecule has 2 aliphatic rings. The predicted octanol–water partition coefficient (Wildman–Crippen LogP) is 2.69. The van der Waals surface area contributed by atoms with Crippen molar-refractivity contribution >= 4 is 5.91 Å². The minimum atomic E-state index is -0.210. The van der Waals surface area contributed by atoms with Gasteiger partial charge in [0.2, 0.25) is 5.91 Å². The summed E-state index contributed by atoms with van der Waals surface area (Å²) in [4.78, 5) is 14.5. The lowest BCUT2D eigenvalue weighted by Gasteiger charge is -2.40. The molecule has 2 atom stereocenters. The summed E-state index contributed by atoms with van der Waals surface area (Å²) in [5.74, 6) is 1.05. The molecule has 1 heterocycles. The van der Waals surface area contributed by atoms with Crippen LogP contribution < -0.4 is 5.73 Å². The first-order valence-corrected chi connectivity index (χ1v) is 7.58. The van der Waals surface area contributed by atoms with Crippen LogP contribution in [0.4, 0.5) is 0 Å². The number of likely N-dealkylation sites (tertiary alicyclic amines) is 1. The zero-order valence-corrected chi connectivity index (χ0v) is 12.0. The molecule has 0 aromatic rings. The molecular weight excluding hydrogens is 224 g/mol. The van der Waals surface area contributed by atoms with E-state index in [1.807, 2.05) is 0 Å². The van der Waals surface area contributed by atoms with Crippen molar-refractivity contribution < 1.29 is 4.79 Å². The molecule has 1 saturated heterocycles. The molecule has 2 fully saturated rings. The van der Waals surface area contributed by atoms with Crippen molar-refractivity contribution in [3.8, 4) is 0 Å². The molecule has 3 nitrogen and oxygen atoms in total. The van der Waals surface area contributed by atoms with E-state index < -0.39 is 0 Å². The molecule has 0 aromatic heterocycles. The highest BCUT2D eigenvalue weighted by atomic mass is 16.2. The van der Waals surface area contributed by atoms with Crippen LogP contribution in [-0.2, 0) is 4.79 Å². The third-order valence-corrected chi connectivity index (χ3v) is 4.81. The Morgan fingerprint density at radius 3 is 2.56 bits per heavy atom. The van der Waals surface area contributed by atoms with Gasteiger partial charge in [-0.15, -0.1) is 0 Å². The van der Waals surface area contributed by atoms with E-state index in [2.05, 4.69) is 18.7 Å². The summed E-state index contributed by atoms with van der Waals surface area (Å²) in [5.41, 5.74) is 6.18. The van der Waals surface area contributed by atoms with Crippen molar-refractivity contribution in [1.82, 2.24) is 4.90 Å². The van der Waals surface area contributed by atoms with Crippen molar-refractivity contribution in [1.29, 1.82) is 0 Å². The van der Waals surface area contributed by atoms with Crippen LogP contribution in [0.2, 0.25) is 0 Å². The van der Waals surface area contributed by atoms with E-state index in [9.17, 15) is 4.79 Å². The molecule has 1 aliphatic heterocycles. The maximum atomic E-state index is 12.4. The van der Waals surface area contributed by atoms with E-state index >= 15 is 0 Å². The number of nitrogens with zero attached hydrogens (tertiary/aromatic N) is 1. The number of hydrogen-bond acceptors (Lipinski definition) is 2. The van der Waals surface area contributed by atoms with Crippen LogP contribution in [0, 0.1) is 5.92 Å². The average molecular weight is 252 g/mol. The lowest BCUT2D eigenvalue weighted by atomic mass is 9.79. The quantitative estimate of drug-likeness (QED) is 0.821. The van der Waals surface area contributed by atoms with Gasteiger partial charge in [-0.1, -0.05) is 26.2 Å². The highest BCUT2D eigenvalue weighted by molar-refractivity contribution is 5.78. The zero-order valence-electron chi connectivity index (χ0n) is 12.0. The Bertz CT molecular complexity index is 297. The van der Waals surface area contributed by atoms with E-state index in [-0.39, 0.29) is 5.54 Å². The van der Waals surface area contributed by atoms with Gasteiger partial charge in [0.1, 0.15) is 0 Å². The van der Waals surface area contributed by atoms with Crippen molar-refractivity contribution in [2.75, 3.05) is 6.54 Å². The van der Waals surface area contributed by atoms with Gasteiger partial charge in [-0.05, 0) is 38.5 Å². The molecule has 3 heteroatoms. The van der Waals surface area contributed by atoms with Crippen molar-refractivity contribution in [2.45, 2.75) is 76.8 Å². The molecule has 1 aliphatic carbocycles. The Morgan fingerprint density at radius 1 is 1.28 bits per heavy atom. The monoisotopic (exact) mass is 252 g/mol. The van der Waals surface area contributed by atoms with Gasteiger partial charge in [-0.25, -0.2) is 0 Å². The molecule has 0 aromatic carbocycles. The third-order valence-electron chi connectivity index (χ3n) is 4.81. The molecule has 2 rings (SSSR count). The average Bonchev–Trinajstić information content (AvgIpc) is 2.28. The van der Waals surface area contributed by atoms with Gasteiger partial charge in [0.15, 0.2) is 0 Å². The first-order chi connectivity index (χ1) is 8.50. The Balaban J connectivity index is 1.90. The smallest absolute Gasteiger partial charge is 0.224 e. The summed E-state index contributed by atoms with van der Waals surface area (Å²) in [5, 5.41) is 0. The molecule has 18 heavy (non-hydrogen) atoms. The molecule has 2 unspecified atom stereocenters. The Kier molecular flexibility index (Phi) is 4.31. The van der Waals surface area contributed by atoms with Crippen molar-refractivity contribution in [3.63, 3.8) is 0 Å². The highest BCUT2D eigenvalue weighted by Gasteiger charge is 2.34. The summed E-state index contributed by atoms with van der Waals surface area (Å²) in [6, 6.07) is 0.397. The molecule has 1 saturated carbocycles. The molecule has 104 valence electrons. The number of rotatable bonds is 2. The summed E-state index contributed by atoms with van der Waals surface area (Å²) >= 11 is 0. The summed E-state index contributed by atoms with van der Waals surface area (Å²) in [6.45, 7) is 5.39. The summed E-state index contributed by atoms with van der Waals surface area (Å²) in [7, 11) is 0. The first kappa shape index (κ1) is 13.9. The molecular formula is C15H28N2O. The fourth-order valence-corrected chi connectivity index (χ4v) is 3.61. The number of carbonyl (C=O) groups excluding carboxylic acids is 1. The fraction of sp³-hybridized carbons (Fsp3) is 0.933. The van der Waals surface area contributed by atoms with E-state index in [0.29, 0.717) is 18.4 Å². The van der Waals surface area contributed by atoms with E-state index in [0.717, 1.165) is 38.1 Å². The van der Waals surface area contributed by atoms with E-state index in [1.54, 1.807) is 0 Å². The fourth-order valence-electron chi connectivity index (χ4n) is 3.61. The highest BCUT2D eigenvalue weighted by Crippen LogP contribution is 2.30. The van der Waals surface area contributed by atoms with Gasteiger partial charge in [0.05, 0.1) is 0 Å². The van der Waals surface area contributed by atoms with Crippen LogP contribution in [0.25, 0.3) is 0 Å². The first-order valence-electron chi connectivity index (χ1n) is 7.58. The lowest BCUT2D eigenvalue weighted by molar-refractivity contribution is -0.136.